The number of rotatable bonds is 5. The van der Waals surface area contributed by atoms with Crippen molar-refractivity contribution in [2.24, 2.45) is 5.92 Å². The van der Waals surface area contributed by atoms with E-state index in [4.69, 9.17) is 4.74 Å². The highest BCUT2D eigenvalue weighted by Crippen LogP contribution is 2.24. The molecule has 3 unspecified atom stereocenters. The first kappa shape index (κ1) is 14.3. The minimum absolute atomic E-state index is 0.519. The van der Waals surface area contributed by atoms with E-state index in [1.54, 1.807) is 0 Å². The zero-order valence-corrected chi connectivity index (χ0v) is 12.2. The van der Waals surface area contributed by atoms with Crippen LogP contribution in [0.25, 0.3) is 0 Å². The Morgan fingerprint density at radius 1 is 1.33 bits per heavy atom. The van der Waals surface area contributed by atoms with E-state index in [1.165, 1.54) is 58.3 Å². The van der Waals surface area contributed by atoms with Crippen molar-refractivity contribution in [3.8, 4) is 0 Å². The molecular formula is C15H30N2O. The van der Waals surface area contributed by atoms with Crippen molar-refractivity contribution in [2.45, 2.75) is 58.1 Å². The average molecular weight is 254 g/mol. The van der Waals surface area contributed by atoms with Crippen molar-refractivity contribution in [3.63, 3.8) is 0 Å². The highest BCUT2D eigenvalue weighted by molar-refractivity contribution is 4.82. The average Bonchev–Trinajstić information content (AvgIpc) is 2.69. The Kier molecular flexibility index (Phi) is 5.93. The van der Waals surface area contributed by atoms with Crippen molar-refractivity contribution in [2.75, 3.05) is 32.8 Å². The number of hydrogen-bond donors (Lipinski definition) is 1. The van der Waals surface area contributed by atoms with Crippen molar-refractivity contribution >= 4 is 0 Å². The lowest BCUT2D eigenvalue weighted by Crippen LogP contribution is -2.40. The van der Waals surface area contributed by atoms with Crippen molar-refractivity contribution < 1.29 is 4.74 Å². The van der Waals surface area contributed by atoms with E-state index < -0.39 is 0 Å². The normalized spacial score (nSPS) is 34.7. The molecule has 1 N–H and O–H groups in total. The van der Waals surface area contributed by atoms with Crippen LogP contribution in [0.4, 0.5) is 0 Å². The Morgan fingerprint density at radius 3 is 3.00 bits per heavy atom. The molecule has 18 heavy (non-hydrogen) atoms. The SMILES string of the molecule is CCCC1CN(CC2CCOC2CC)CCCN1. The monoisotopic (exact) mass is 254 g/mol. The molecular weight excluding hydrogens is 224 g/mol. The summed E-state index contributed by atoms with van der Waals surface area (Å²) in [6, 6.07) is 0.708. The van der Waals surface area contributed by atoms with Gasteiger partial charge in [0.05, 0.1) is 6.10 Å². The predicted octanol–water partition coefficient (Wildman–Crippen LogP) is 2.27. The molecule has 2 heterocycles. The summed E-state index contributed by atoms with van der Waals surface area (Å²) in [5, 5.41) is 3.69. The van der Waals surface area contributed by atoms with Crippen LogP contribution in [0, 0.1) is 5.92 Å². The molecule has 2 saturated heterocycles. The molecule has 0 saturated carbocycles. The third kappa shape index (κ3) is 3.94. The summed E-state index contributed by atoms with van der Waals surface area (Å²) in [4.78, 5) is 2.68. The minimum atomic E-state index is 0.519. The first-order valence-electron chi connectivity index (χ1n) is 7.90. The minimum Gasteiger partial charge on any atom is -0.378 e. The Balaban J connectivity index is 1.83. The standard InChI is InChI=1S/C15H30N2O/c1-3-6-14-12-17(9-5-8-16-14)11-13-7-10-18-15(13)4-2/h13-16H,3-12H2,1-2H3. The smallest absolute Gasteiger partial charge is 0.0613 e. The van der Waals surface area contributed by atoms with E-state index in [1.807, 2.05) is 0 Å². The molecule has 2 aliphatic rings. The Bertz CT molecular complexity index is 235. The molecule has 0 radical (unpaired) electrons. The second-order valence-corrected chi connectivity index (χ2v) is 5.92. The van der Waals surface area contributed by atoms with E-state index in [9.17, 15) is 0 Å². The van der Waals surface area contributed by atoms with E-state index in [-0.39, 0.29) is 0 Å². The fraction of sp³-hybridized carbons (Fsp3) is 1.00. The summed E-state index contributed by atoms with van der Waals surface area (Å²) >= 11 is 0. The highest BCUT2D eigenvalue weighted by Gasteiger charge is 2.29. The van der Waals surface area contributed by atoms with E-state index in [2.05, 4.69) is 24.1 Å². The van der Waals surface area contributed by atoms with Crippen LogP contribution in [0.15, 0.2) is 0 Å². The molecule has 0 spiro atoms. The largest absolute Gasteiger partial charge is 0.378 e. The van der Waals surface area contributed by atoms with Crippen LogP contribution in [0.5, 0.6) is 0 Å². The molecule has 3 heteroatoms. The molecule has 0 aromatic heterocycles. The fourth-order valence-electron chi connectivity index (χ4n) is 3.47. The van der Waals surface area contributed by atoms with Gasteiger partial charge in [-0.1, -0.05) is 20.3 Å². The van der Waals surface area contributed by atoms with Gasteiger partial charge in [-0.15, -0.1) is 0 Å². The Labute approximate surface area is 112 Å². The van der Waals surface area contributed by atoms with Gasteiger partial charge >= 0.3 is 0 Å². The quantitative estimate of drug-likeness (QED) is 0.814. The van der Waals surface area contributed by atoms with Crippen LogP contribution < -0.4 is 5.32 Å². The Hall–Kier alpha value is -0.120. The van der Waals surface area contributed by atoms with Gasteiger partial charge in [0.1, 0.15) is 0 Å². The maximum atomic E-state index is 5.82. The van der Waals surface area contributed by atoms with Gasteiger partial charge < -0.3 is 15.0 Å². The maximum Gasteiger partial charge on any atom is 0.0613 e. The molecule has 0 bridgehead atoms. The highest BCUT2D eigenvalue weighted by atomic mass is 16.5. The first-order valence-corrected chi connectivity index (χ1v) is 7.90. The molecule has 0 aromatic rings. The molecule has 0 aliphatic carbocycles. The summed E-state index contributed by atoms with van der Waals surface area (Å²) in [6.07, 6.45) is 6.86. The zero-order chi connectivity index (χ0) is 12.8. The van der Waals surface area contributed by atoms with Gasteiger partial charge in [0.15, 0.2) is 0 Å². The molecule has 2 aliphatic heterocycles. The van der Waals surface area contributed by atoms with Crippen LogP contribution in [0.2, 0.25) is 0 Å². The van der Waals surface area contributed by atoms with Crippen LogP contribution in [-0.4, -0.2) is 49.8 Å². The lowest BCUT2D eigenvalue weighted by atomic mass is 9.98. The molecule has 106 valence electrons. The summed E-state index contributed by atoms with van der Waals surface area (Å²) in [5.74, 6) is 0.773. The first-order chi connectivity index (χ1) is 8.83. The van der Waals surface area contributed by atoms with Crippen LogP contribution in [0.1, 0.15) is 46.0 Å². The summed E-state index contributed by atoms with van der Waals surface area (Å²) in [6.45, 7) is 10.5. The van der Waals surface area contributed by atoms with Crippen LogP contribution >= 0.6 is 0 Å². The molecule has 2 rings (SSSR count). The van der Waals surface area contributed by atoms with Gasteiger partial charge in [-0.25, -0.2) is 0 Å². The molecule has 3 atom stereocenters. The molecule has 3 nitrogen and oxygen atoms in total. The van der Waals surface area contributed by atoms with Gasteiger partial charge in [-0.2, -0.15) is 0 Å². The van der Waals surface area contributed by atoms with Crippen LogP contribution in [0.3, 0.4) is 0 Å². The number of nitrogens with one attached hydrogen (secondary N) is 1. The van der Waals surface area contributed by atoms with Crippen LogP contribution in [-0.2, 0) is 4.74 Å². The van der Waals surface area contributed by atoms with Crippen molar-refractivity contribution in [3.05, 3.63) is 0 Å². The Morgan fingerprint density at radius 2 is 2.22 bits per heavy atom. The van der Waals surface area contributed by atoms with Crippen molar-refractivity contribution in [1.29, 1.82) is 0 Å². The maximum absolute atomic E-state index is 5.82. The van der Waals surface area contributed by atoms with Gasteiger partial charge in [0.25, 0.3) is 0 Å². The molecule has 0 aromatic carbocycles. The molecule has 2 fully saturated rings. The van der Waals surface area contributed by atoms with Gasteiger partial charge in [0.2, 0.25) is 0 Å². The second kappa shape index (κ2) is 7.46. The van der Waals surface area contributed by atoms with E-state index >= 15 is 0 Å². The fourth-order valence-corrected chi connectivity index (χ4v) is 3.47. The van der Waals surface area contributed by atoms with Gasteiger partial charge in [0, 0.05) is 25.7 Å². The second-order valence-electron chi connectivity index (χ2n) is 5.92. The zero-order valence-electron chi connectivity index (χ0n) is 12.2. The number of nitrogens with zero attached hydrogens (tertiary/aromatic N) is 1. The third-order valence-electron chi connectivity index (χ3n) is 4.44. The van der Waals surface area contributed by atoms with E-state index in [0.29, 0.717) is 12.1 Å². The third-order valence-corrected chi connectivity index (χ3v) is 4.44. The summed E-state index contributed by atoms with van der Waals surface area (Å²) < 4.78 is 5.82. The van der Waals surface area contributed by atoms with Gasteiger partial charge in [-0.05, 0) is 44.7 Å². The lowest BCUT2D eigenvalue weighted by molar-refractivity contribution is 0.0750. The van der Waals surface area contributed by atoms with Gasteiger partial charge in [-0.3, -0.25) is 0 Å². The lowest BCUT2D eigenvalue weighted by Gasteiger charge is -2.28. The molecule has 0 amide bonds. The van der Waals surface area contributed by atoms with E-state index in [0.717, 1.165) is 12.5 Å². The predicted molar refractivity (Wildman–Crippen MR) is 75.9 cm³/mol. The number of hydrogen-bond acceptors (Lipinski definition) is 3. The number of ether oxygens (including phenoxy) is 1. The summed E-state index contributed by atoms with van der Waals surface area (Å²) in [5.41, 5.74) is 0. The topological polar surface area (TPSA) is 24.5 Å². The van der Waals surface area contributed by atoms with Crippen molar-refractivity contribution in [1.82, 2.24) is 10.2 Å². The summed E-state index contributed by atoms with van der Waals surface area (Å²) in [7, 11) is 0.